The van der Waals surface area contributed by atoms with Crippen molar-refractivity contribution in [2.24, 2.45) is 0 Å². The van der Waals surface area contributed by atoms with Crippen molar-refractivity contribution in [2.45, 2.75) is 19.8 Å². The van der Waals surface area contributed by atoms with Gasteiger partial charge in [0.15, 0.2) is 0 Å². The zero-order chi connectivity index (χ0) is 15.1. The molecule has 0 spiro atoms. The van der Waals surface area contributed by atoms with Crippen LogP contribution in [0, 0.1) is 0 Å². The minimum atomic E-state index is -1.28. The number of phenols is 1. The van der Waals surface area contributed by atoms with Crippen LogP contribution in [-0.4, -0.2) is 34.7 Å². The molecule has 20 heavy (non-hydrogen) atoms. The Hall–Kier alpha value is -2.57. The molecule has 1 aromatic carbocycles. The Morgan fingerprint density at radius 2 is 1.95 bits per heavy atom. The summed E-state index contributed by atoms with van der Waals surface area (Å²) < 4.78 is 4.67. The summed E-state index contributed by atoms with van der Waals surface area (Å²) in [6.45, 7) is 1.90. The van der Waals surface area contributed by atoms with Gasteiger partial charge in [-0.2, -0.15) is 0 Å². The van der Waals surface area contributed by atoms with Gasteiger partial charge in [-0.25, -0.2) is 4.79 Å². The standard InChI is InChI=1S/C13H15NO6/c1-2-20-12(17)6-5-11(16)14-10-4-3-8(15)7-9(10)13(18)19/h3-4,7,15H,2,5-6H2,1H3,(H,14,16)(H,18,19). The number of aromatic hydroxyl groups is 1. The van der Waals surface area contributed by atoms with E-state index >= 15 is 0 Å². The summed E-state index contributed by atoms with van der Waals surface area (Å²) in [5.41, 5.74) is -0.168. The lowest BCUT2D eigenvalue weighted by Gasteiger charge is -2.08. The number of benzene rings is 1. The number of aromatic carboxylic acids is 1. The van der Waals surface area contributed by atoms with Crippen molar-refractivity contribution in [2.75, 3.05) is 11.9 Å². The van der Waals surface area contributed by atoms with Gasteiger partial charge in [0.05, 0.1) is 24.3 Å². The molecule has 0 heterocycles. The minimum absolute atomic E-state index is 0.0594. The number of rotatable bonds is 6. The average molecular weight is 281 g/mol. The monoisotopic (exact) mass is 281 g/mol. The largest absolute Gasteiger partial charge is 0.508 e. The van der Waals surface area contributed by atoms with Crippen LogP contribution < -0.4 is 5.32 Å². The summed E-state index contributed by atoms with van der Waals surface area (Å²) in [5, 5.41) is 20.6. The van der Waals surface area contributed by atoms with E-state index in [0.29, 0.717) is 0 Å². The first-order chi connectivity index (χ1) is 9.43. The van der Waals surface area contributed by atoms with Crippen LogP contribution in [0.25, 0.3) is 0 Å². The molecular formula is C13H15NO6. The lowest BCUT2D eigenvalue weighted by molar-refractivity contribution is -0.144. The number of hydrogen-bond donors (Lipinski definition) is 3. The third-order valence-corrected chi connectivity index (χ3v) is 2.37. The van der Waals surface area contributed by atoms with Gasteiger partial charge in [0, 0.05) is 6.42 Å². The fourth-order valence-electron chi connectivity index (χ4n) is 1.48. The molecular weight excluding hydrogens is 266 g/mol. The number of carboxylic acids is 1. The average Bonchev–Trinajstić information content (AvgIpc) is 2.38. The number of esters is 1. The molecule has 1 aromatic rings. The van der Waals surface area contributed by atoms with Crippen LogP contribution in [0.4, 0.5) is 5.69 Å². The minimum Gasteiger partial charge on any atom is -0.508 e. The Bertz CT molecular complexity index is 526. The van der Waals surface area contributed by atoms with Crippen LogP contribution >= 0.6 is 0 Å². The molecule has 108 valence electrons. The molecule has 0 fully saturated rings. The highest BCUT2D eigenvalue weighted by Gasteiger charge is 2.14. The van der Waals surface area contributed by atoms with Crippen molar-refractivity contribution in [3.05, 3.63) is 23.8 Å². The van der Waals surface area contributed by atoms with Gasteiger partial charge in [-0.3, -0.25) is 9.59 Å². The van der Waals surface area contributed by atoms with Gasteiger partial charge in [0.1, 0.15) is 5.75 Å². The molecule has 0 aliphatic heterocycles. The molecule has 0 radical (unpaired) electrons. The van der Waals surface area contributed by atoms with E-state index < -0.39 is 17.8 Å². The molecule has 0 saturated carbocycles. The van der Waals surface area contributed by atoms with Crippen LogP contribution in [0.15, 0.2) is 18.2 Å². The number of ether oxygens (including phenoxy) is 1. The number of anilines is 1. The summed E-state index contributed by atoms with van der Waals surface area (Å²) in [6.07, 6.45) is -0.196. The van der Waals surface area contributed by atoms with E-state index in [1.54, 1.807) is 6.92 Å². The van der Waals surface area contributed by atoms with Crippen LogP contribution in [0.3, 0.4) is 0 Å². The molecule has 1 amide bonds. The van der Waals surface area contributed by atoms with E-state index in [2.05, 4.69) is 10.1 Å². The van der Waals surface area contributed by atoms with Crippen molar-refractivity contribution < 1.29 is 29.3 Å². The summed E-state index contributed by atoms with van der Waals surface area (Å²) in [6, 6.07) is 3.57. The zero-order valence-electron chi connectivity index (χ0n) is 10.9. The Kier molecular flexibility index (Phi) is 5.52. The summed E-state index contributed by atoms with van der Waals surface area (Å²) in [4.78, 5) is 33.7. The number of amides is 1. The van der Waals surface area contributed by atoms with E-state index in [9.17, 15) is 19.5 Å². The maximum atomic E-state index is 11.6. The number of nitrogens with one attached hydrogen (secondary N) is 1. The molecule has 0 unspecified atom stereocenters. The van der Waals surface area contributed by atoms with E-state index in [0.717, 1.165) is 6.07 Å². The van der Waals surface area contributed by atoms with Gasteiger partial charge in [-0.15, -0.1) is 0 Å². The molecule has 3 N–H and O–H groups in total. The normalized spacial score (nSPS) is 9.85. The Labute approximate surface area is 115 Å². The number of carboxylic acid groups (broad SMARTS) is 1. The molecule has 7 nitrogen and oxygen atoms in total. The smallest absolute Gasteiger partial charge is 0.337 e. The second kappa shape index (κ2) is 7.13. The SMILES string of the molecule is CCOC(=O)CCC(=O)Nc1ccc(O)cc1C(=O)O. The fraction of sp³-hybridized carbons (Fsp3) is 0.308. The second-order valence-electron chi connectivity index (χ2n) is 3.89. The Morgan fingerprint density at radius 3 is 2.55 bits per heavy atom. The van der Waals surface area contributed by atoms with Crippen molar-refractivity contribution >= 4 is 23.5 Å². The first kappa shape index (κ1) is 15.5. The summed E-state index contributed by atoms with van der Waals surface area (Å²) >= 11 is 0. The van der Waals surface area contributed by atoms with Gasteiger partial charge >= 0.3 is 11.9 Å². The van der Waals surface area contributed by atoms with Gasteiger partial charge in [0.25, 0.3) is 0 Å². The first-order valence-corrected chi connectivity index (χ1v) is 5.95. The highest BCUT2D eigenvalue weighted by Crippen LogP contribution is 2.21. The summed E-state index contributed by atoms with van der Waals surface area (Å²) in [7, 11) is 0. The topological polar surface area (TPSA) is 113 Å². The van der Waals surface area contributed by atoms with Crippen LogP contribution in [-0.2, 0) is 14.3 Å². The van der Waals surface area contributed by atoms with Crippen molar-refractivity contribution in [1.82, 2.24) is 0 Å². The van der Waals surface area contributed by atoms with E-state index in [4.69, 9.17) is 5.11 Å². The zero-order valence-corrected chi connectivity index (χ0v) is 10.9. The molecule has 7 heteroatoms. The predicted molar refractivity (Wildman–Crippen MR) is 69.6 cm³/mol. The second-order valence-corrected chi connectivity index (χ2v) is 3.89. The highest BCUT2D eigenvalue weighted by molar-refractivity contribution is 6.01. The lowest BCUT2D eigenvalue weighted by Crippen LogP contribution is -2.16. The maximum Gasteiger partial charge on any atom is 0.337 e. The third-order valence-electron chi connectivity index (χ3n) is 2.37. The highest BCUT2D eigenvalue weighted by atomic mass is 16.5. The van der Waals surface area contributed by atoms with Gasteiger partial charge in [-0.1, -0.05) is 0 Å². The lowest BCUT2D eigenvalue weighted by atomic mass is 10.1. The Morgan fingerprint density at radius 1 is 1.25 bits per heavy atom. The van der Waals surface area contributed by atoms with E-state index in [-0.39, 0.29) is 36.4 Å². The molecule has 0 bridgehead atoms. The summed E-state index contributed by atoms with van der Waals surface area (Å²) in [5.74, 6) is -2.49. The molecule has 0 atom stereocenters. The van der Waals surface area contributed by atoms with Gasteiger partial charge < -0.3 is 20.3 Å². The number of hydrogen-bond acceptors (Lipinski definition) is 5. The van der Waals surface area contributed by atoms with Crippen molar-refractivity contribution in [3.63, 3.8) is 0 Å². The molecule has 0 saturated heterocycles. The van der Waals surface area contributed by atoms with E-state index in [1.807, 2.05) is 0 Å². The van der Waals surface area contributed by atoms with Gasteiger partial charge in [-0.05, 0) is 25.1 Å². The predicted octanol–water partition coefficient (Wildman–Crippen LogP) is 1.37. The fourth-order valence-corrected chi connectivity index (χ4v) is 1.48. The number of phenolic OH excluding ortho intramolecular Hbond substituents is 1. The van der Waals surface area contributed by atoms with E-state index in [1.165, 1.54) is 12.1 Å². The molecule has 0 aliphatic rings. The van der Waals surface area contributed by atoms with Crippen molar-refractivity contribution in [1.29, 1.82) is 0 Å². The first-order valence-electron chi connectivity index (χ1n) is 5.95. The molecule has 0 aromatic heterocycles. The van der Waals surface area contributed by atoms with Gasteiger partial charge in [0.2, 0.25) is 5.91 Å². The van der Waals surface area contributed by atoms with Crippen LogP contribution in [0.1, 0.15) is 30.1 Å². The number of carbonyl (C=O) groups is 3. The Balaban J connectivity index is 2.66. The van der Waals surface area contributed by atoms with Crippen LogP contribution in [0.5, 0.6) is 5.75 Å². The van der Waals surface area contributed by atoms with Crippen molar-refractivity contribution in [3.8, 4) is 5.75 Å². The number of carbonyl (C=O) groups excluding carboxylic acids is 2. The molecule has 0 aliphatic carbocycles. The quantitative estimate of drug-likeness (QED) is 0.536. The maximum absolute atomic E-state index is 11.6. The third kappa shape index (κ3) is 4.60. The van der Waals surface area contributed by atoms with Crippen LogP contribution in [0.2, 0.25) is 0 Å². The molecule has 1 rings (SSSR count).